The molecule has 4 heteroatoms. The molecular weight excluding hydrogens is 250 g/mol. The Bertz CT molecular complexity index is 488. The van der Waals surface area contributed by atoms with Crippen molar-refractivity contribution in [3.63, 3.8) is 0 Å². The van der Waals surface area contributed by atoms with Crippen molar-refractivity contribution in [2.24, 2.45) is 11.8 Å². The van der Waals surface area contributed by atoms with E-state index in [-0.39, 0.29) is 5.91 Å². The largest absolute Gasteiger partial charge is 0.296 e. The van der Waals surface area contributed by atoms with Crippen LogP contribution in [-0.2, 0) is 6.54 Å². The third-order valence-corrected chi connectivity index (χ3v) is 4.89. The molecule has 1 aromatic carbocycles. The van der Waals surface area contributed by atoms with Gasteiger partial charge in [0.05, 0.1) is 0 Å². The highest BCUT2D eigenvalue weighted by atomic mass is 16.2. The van der Waals surface area contributed by atoms with E-state index in [0.717, 1.165) is 30.6 Å². The van der Waals surface area contributed by atoms with Crippen LogP contribution in [0.3, 0.4) is 0 Å². The number of carbonyl (C=O) groups is 1. The standard InChI is InChI=1S/C16H23N3O/c17-18-16(20)14-7-3-1-6-13(14)11-19-10-9-12-5-2-4-8-15(12)19/h1,3,6-7,12,15H,2,4-5,8-11,17H2,(H,18,20). The van der Waals surface area contributed by atoms with Crippen LogP contribution in [0.15, 0.2) is 24.3 Å². The molecule has 1 saturated carbocycles. The fraction of sp³-hybridized carbons (Fsp3) is 0.562. The normalized spacial score (nSPS) is 26.2. The lowest BCUT2D eigenvalue weighted by Crippen LogP contribution is -2.35. The van der Waals surface area contributed by atoms with Gasteiger partial charge in [-0.15, -0.1) is 0 Å². The summed E-state index contributed by atoms with van der Waals surface area (Å²) in [7, 11) is 0. The molecule has 2 atom stereocenters. The lowest BCUT2D eigenvalue weighted by molar-refractivity contribution is 0.0950. The Morgan fingerprint density at radius 2 is 2.05 bits per heavy atom. The second-order valence-electron chi connectivity index (χ2n) is 6.00. The molecule has 3 rings (SSSR count). The van der Waals surface area contributed by atoms with E-state index >= 15 is 0 Å². The van der Waals surface area contributed by atoms with Crippen LogP contribution in [0.1, 0.15) is 48.0 Å². The fourth-order valence-corrected chi connectivity index (χ4v) is 3.88. The Kier molecular flexibility index (Phi) is 4.03. The number of likely N-dealkylation sites (tertiary alicyclic amines) is 1. The number of nitrogen functional groups attached to an aromatic ring is 1. The number of carbonyl (C=O) groups excluding carboxylic acids is 1. The quantitative estimate of drug-likeness (QED) is 0.503. The van der Waals surface area contributed by atoms with Crippen LogP contribution in [0, 0.1) is 5.92 Å². The first-order valence-electron chi connectivity index (χ1n) is 7.62. The van der Waals surface area contributed by atoms with Crippen LogP contribution < -0.4 is 11.3 Å². The van der Waals surface area contributed by atoms with Crippen molar-refractivity contribution in [1.29, 1.82) is 0 Å². The molecule has 0 bridgehead atoms. The molecule has 1 amide bonds. The molecule has 2 fully saturated rings. The molecule has 3 N–H and O–H groups in total. The number of hydrogen-bond acceptors (Lipinski definition) is 3. The van der Waals surface area contributed by atoms with Gasteiger partial charge in [0.15, 0.2) is 0 Å². The highest BCUT2D eigenvalue weighted by Gasteiger charge is 2.35. The Morgan fingerprint density at radius 1 is 1.25 bits per heavy atom. The van der Waals surface area contributed by atoms with E-state index in [4.69, 9.17) is 5.84 Å². The number of nitrogens with one attached hydrogen (secondary N) is 1. The van der Waals surface area contributed by atoms with Crippen molar-refractivity contribution in [2.45, 2.75) is 44.7 Å². The maximum Gasteiger partial charge on any atom is 0.265 e. The van der Waals surface area contributed by atoms with Gasteiger partial charge in [-0.05, 0) is 43.4 Å². The number of benzene rings is 1. The van der Waals surface area contributed by atoms with Crippen LogP contribution in [-0.4, -0.2) is 23.4 Å². The molecule has 0 radical (unpaired) electrons. The molecule has 20 heavy (non-hydrogen) atoms. The monoisotopic (exact) mass is 273 g/mol. The molecule has 0 spiro atoms. The predicted molar refractivity (Wildman–Crippen MR) is 78.9 cm³/mol. The number of hydrazine groups is 1. The predicted octanol–water partition coefficient (Wildman–Crippen LogP) is 2.05. The van der Waals surface area contributed by atoms with Gasteiger partial charge >= 0.3 is 0 Å². The average Bonchev–Trinajstić information content (AvgIpc) is 2.90. The maximum atomic E-state index is 11.8. The number of hydrogen-bond donors (Lipinski definition) is 2. The topological polar surface area (TPSA) is 58.4 Å². The summed E-state index contributed by atoms with van der Waals surface area (Å²) in [5, 5.41) is 0. The van der Waals surface area contributed by atoms with Gasteiger partial charge in [0, 0.05) is 18.2 Å². The van der Waals surface area contributed by atoms with E-state index in [1.54, 1.807) is 0 Å². The van der Waals surface area contributed by atoms with Gasteiger partial charge in [-0.3, -0.25) is 15.1 Å². The maximum absolute atomic E-state index is 11.8. The fourth-order valence-electron chi connectivity index (χ4n) is 3.88. The van der Waals surface area contributed by atoms with Crippen LogP contribution in [0.5, 0.6) is 0 Å². The number of amides is 1. The summed E-state index contributed by atoms with van der Waals surface area (Å²) in [5.74, 6) is 5.95. The van der Waals surface area contributed by atoms with E-state index in [0.29, 0.717) is 5.56 Å². The van der Waals surface area contributed by atoms with Gasteiger partial charge in [-0.25, -0.2) is 5.84 Å². The Balaban J connectivity index is 1.76. The summed E-state index contributed by atoms with van der Waals surface area (Å²) in [4.78, 5) is 14.4. The van der Waals surface area contributed by atoms with Crippen LogP contribution in [0.25, 0.3) is 0 Å². The third kappa shape index (κ3) is 2.58. The van der Waals surface area contributed by atoms with Gasteiger partial charge < -0.3 is 0 Å². The third-order valence-electron chi connectivity index (χ3n) is 4.89. The first kappa shape index (κ1) is 13.6. The molecule has 4 nitrogen and oxygen atoms in total. The van der Waals surface area contributed by atoms with Crippen molar-refractivity contribution < 1.29 is 4.79 Å². The zero-order valence-electron chi connectivity index (χ0n) is 11.8. The summed E-state index contributed by atoms with van der Waals surface area (Å²) in [6.07, 6.45) is 6.75. The van der Waals surface area contributed by atoms with Crippen molar-refractivity contribution in [1.82, 2.24) is 10.3 Å². The molecule has 1 saturated heterocycles. The highest BCUT2D eigenvalue weighted by Crippen LogP contribution is 2.37. The Morgan fingerprint density at radius 3 is 2.90 bits per heavy atom. The average molecular weight is 273 g/mol. The molecule has 2 unspecified atom stereocenters. The number of fused-ring (bicyclic) bond motifs is 1. The summed E-state index contributed by atoms with van der Waals surface area (Å²) in [5.41, 5.74) is 4.03. The summed E-state index contributed by atoms with van der Waals surface area (Å²) >= 11 is 0. The smallest absolute Gasteiger partial charge is 0.265 e. The van der Waals surface area contributed by atoms with E-state index in [1.165, 1.54) is 32.1 Å². The molecular formula is C16H23N3O. The molecule has 108 valence electrons. The molecule has 1 aliphatic heterocycles. The minimum Gasteiger partial charge on any atom is -0.296 e. The summed E-state index contributed by atoms with van der Waals surface area (Å²) in [6.45, 7) is 2.03. The van der Waals surface area contributed by atoms with Crippen molar-refractivity contribution in [2.75, 3.05) is 6.54 Å². The SMILES string of the molecule is NNC(=O)c1ccccc1CN1CCC2CCCCC21. The zero-order valence-corrected chi connectivity index (χ0v) is 11.8. The van der Waals surface area contributed by atoms with Gasteiger partial charge in [-0.2, -0.15) is 0 Å². The first-order valence-corrected chi connectivity index (χ1v) is 7.62. The molecule has 1 aliphatic carbocycles. The van der Waals surface area contributed by atoms with Gasteiger partial charge in [0.2, 0.25) is 0 Å². The van der Waals surface area contributed by atoms with Gasteiger partial charge in [-0.1, -0.05) is 31.0 Å². The zero-order chi connectivity index (χ0) is 13.9. The Hall–Kier alpha value is -1.39. The van der Waals surface area contributed by atoms with Gasteiger partial charge in [0.25, 0.3) is 5.91 Å². The second-order valence-corrected chi connectivity index (χ2v) is 6.00. The van der Waals surface area contributed by atoms with E-state index in [1.807, 2.05) is 24.3 Å². The minimum atomic E-state index is -0.194. The van der Waals surface area contributed by atoms with Gasteiger partial charge in [0.1, 0.15) is 0 Å². The van der Waals surface area contributed by atoms with Crippen LogP contribution in [0.2, 0.25) is 0 Å². The number of nitrogens with zero attached hydrogens (tertiary/aromatic N) is 1. The van der Waals surface area contributed by atoms with E-state index < -0.39 is 0 Å². The minimum absolute atomic E-state index is 0.194. The number of nitrogens with two attached hydrogens (primary N) is 1. The van der Waals surface area contributed by atoms with E-state index in [9.17, 15) is 4.79 Å². The lowest BCUT2D eigenvalue weighted by Gasteiger charge is -2.32. The first-order chi connectivity index (χ1) is 9.79. The highest BCUT2D eigenvalue weighted by molar-refractivity contribution is 5.95. The summed E-state index contributed by atoms with van der Waals surface area (Å²) < 4.78 is 0. The summed E-state index contributed by atoms with van der Waals surface area (Å²) in [6, 6.07) is 8.50. The van der Waals surface area contributed by atoms with Crippen molar-refractivity contribution in [3.05, 3.63) is 35.4 Å². The van der Waals surface area contributed by atoms with Crippen molar-refractivity contribution in [3.8, 4) is 0 Å². The second kappa shape index (κ2) is 5.94. The molecule has 0 aromatic heterocycles. The molecule has 2 aliphatic rings. The van der Waals surface area contributed by atoms with Crippen LogP contribution >= 0.6 is 0 Å². The molecule has 1 aromatic rings. The molecule has 1 heterocycles. The number of rotatable bonds is 3. The van der Waals surface area contributed by atoms with Crippen LogP contribution in [0.4, 0.5) is 0 Å². The van der Waals surface area contributed by atoms with E-state index in [2.05, 4.69) is 10.3 Å². The van der Waals surface area contributed by atoms with Crippen molar-refractivity contribution >= 4 is 5.91 Å². The Labute approximate surface area is 120 Å². The lowest BCUT2D eigenvalue weighted by atomic mass is 9.85.